The van der Waals surface area contributed by atoms with Gasteiger partial charge in [0.1, 0.15) is 17.3 Å². The van der Waals surface area contributed by atoms with Crippen LogP contribution in [0.4, 0.5) is 10.1 Å². The van der Waals surface area contributed by atoms with Crippen molar-refractivity contribution in [3.63, 3.8) is 0 Å². The Morgan fingerprint density at radius 3 is 2.65 bits per heavy atom. The molecule has 160 valence electrons. The number of fused-ring (bicyclic) bond motifs is 1. The molecule has 0 bridgehead atoms. The second-order valence-corrected chi connectivity index (χ2v) is 9.10. The van der Waals surface area contributed by atoms with Gasteiger partial charge in [0.2, 0.25) is 0 Å². The summed E-state index contributed by atoms with van der Waals surface area (Å²) in [4.78, 5) is 0.123. The average Bonchev–Trinajstić information content (AvgIpc) is 2.73. The van der Waals surface area contributed by atoms with E-state index in [1.54, 1.807) is 42.5 Å². The van der Waals surface area contributed by atoms with Crippen LogP contribution in [0, 0.1) is 5.82 Å². The second kappa shape index (κ2) is 8.68. The van der Waals surface area contributed by atoms with E-state index in [9.17, 15) is 12.8 Å². The van der Waals surface area contributed by atoms with Crippen LogP contribution in [0.5, 0.6) is 11.5 Å². The summed E-state index contributed by atoms with van der Waals surface area (Å²) in [5, 5.41) is 3.06. The molecule has 31 heavy (non-hydrogen) atoms. The summed E-state index contributed by atoms with van der Waals surface area (Å²) in [5.74, 6) is 0.666. The largest absolute Gasteiger partial charge is 0.490 e. The molecule has 0 amide bonds. The summed E-state index contributed by atoms with van der Waals surface area (Å²) >= 11 is 3.47. The lowest BCUT2D eigenvalue weighted by Crippen LogP contribution is -2.22. The molecule has 4 rings (SSSR count). The predicted molar refractivity (Wildman–Crippen MR) is 120 cm³/mol. The summed E-state index contributed by atoms with van der Waals surface area (Å²) in [7, 11) is -3.84. The molecule has 6 nitrogen and oxygen atoms in total. The Kier molecular flexibility index (Phi) is 5.97. The molecule has 0 unspecified atom stereocenters. The Balaban J connectivity index is 1.68. The van der Waals surface area contributed by atoms with Gasteiger partial charge in [-0.05, 0) is 64.8 Å². The zero-order valence-corrected chi connectivity index (χ0v) is 18.8. The van der Waals surface area contributed by atoms with Crippen molar-refractivity contribution in [1.82, 2.24) is 0 Å². The van der Waals surface area contributed by atoms with Gasteiger partial charge in [-0.25, -0.2) is 4.39 Å². The third kappa shape index (κ3) is 4.57. The lowest BCUT2D eigenvalue weighted by atomic mass is 10.1. The van der Waals surface area contributed by atoms with Gasteiger partial charge in [0, 0.05) is 5.56 Å². The Bertz CT molecular complexity index is 1280. The molecule has 1 aliphatic rings. The molecule has 3 aromatic carbocycles. The Morgan fingerprint density at radius 1 is 1.06 bits per heavy atom. The first-order valence-corrected chi connectivity index (χ1v) is 11.7. The van der Waals surface area contributed by atoms with Crippen molar-refractivity contribution >= 4 is 37.5 Å². The zero-order valence-electron chi connectivity index (χ0n) is 16.4. The van der Waals surface area contributed by atoms with Gasteiger partial charge >= 0.3 is 0 Å². The number of benzene rings is 3. The maximum absolute atomic E-state index is 13.4. The molecule has 9 heteroatoms. The topological polar surface area (TPSA) is 77.0 Å². The van der Waals surface area contributed by atoms with Gasteiger partial charge in [-0.3, -0.25) is 0 Å². The lowest BCUT2D eigenvalue weighted by molar-refractivity contribution is 0.267. The van der Waals surface area contributed by atoms with E-state index >= 15 is 0 Å². The van der Waals surface area contributed by atoms with Crippen LogP contribution in [0.3, 0.4) is 0 Å². The van der Waals surface area contributed by atoms with Gasteiger partial charge in [-0.2, -0.15) is 8.42 Å². The first kappa shape index (κ1) is 21.3. The molecule has 0 aromatic heterocycles. The monoisotopic (exact) mass is 504 g/mol. The number of nitrogens with zero attached hydrogens (tertiary/aromatic N) is 1. The molecule has 0 radical (unpaired) electrons. The molecule has 0 atom stereocenters. The third-order valence-electron chi connectivity index (χ3n) is 4.48. The second-order valence-electron chi connectivity index (χ2n) is 6.67. The highest BCUT2D eigenvalue weighted by Crippen LogP contribution is 2.38. The fourth-order valence-corrected chi connectivity index (χ4v) is 4.82. The maximum Gasteiger partial charge on any atom is 0.286 e. The van der Waals surface area contributed by atoms with Crippen molar-refractivity contribution < 1.29 is 22.3 Å². The first-order valence-electron chi connectivity index (χ1n) is 9.42. The number of nitrogens with one attached hydrogen (secondary N) is 1. The van der Waals surface area contributed by atoms with E-state index in [1.165, 1.54) is 18.2 Å². The van der Waals surface area contributed by atoms with E-state index in [0.29, 0.717) is 39.4 Å². The number of hydrogen-bond donors (Lipinski definition) is 1. The minimum atomic E-state index is -3.84. The summed E-state index contributed by atoms with van der Waals surface area (Å²) < 4.78 is 54.7. The standard InChI is InChI=1S/C22H18BrFN2O4S/c1-2-29-19-12-15(22-25-18-8-3-4-9-20(18)31(27,28)26-22)11-17(23)21(19)30-13-14-6-5-7-16(24)10-14/h3-12H,2,13H2,1H3,(H,25,26). The van der Waals surface area contributed by atoms with Crippen LogP contribution in [0.15, 0.2) is 74.4 Å². The van der Waals surface area contributed by atoms with Crippen molar-refractivity contribution in [3.8, 4) is 11.5 Å². The number of amidine groups is 1. The van der Waals surface area contributed by atoms with Gasteiger partial charge in [0.05, 0.1) is 16.8 Å². The minimum absolute atomic E-state index is 0.123. The summed E-state index contributed by atoms with van der Waals surface area (Å²) in [6.45, 7) is 2.33. The number of para-hydroxylation sites is 1. The van der Waals surface area contributed by atoms with Gasteiger partial charge in [-0.1, -0.05) is 24.3 Å². The average molecular weight is 505 g/mol. The first-order chi connectivity index (χ1) is 14.9. The molecular weight excluding hydrogens is 487 g/mol. The summed E-state index contributed by atoms with van der Waals surface area (Å²) in [6.07, 6.45) is 0. The van der Waals surface area contributed by atoms with E-state index < -0.39 is 10.0 Å². The molecule has 0 saturated carbocycles. The van der Waals surface area contributed by atoms with Crippen LogP contribution in [-0.4, -0.2) is 20.9 Å². The number of ether oxygens (including phenoxy) is 2. The molecule has 0 fully saturated rings. The fourth-order valence-electron chi connectivity index (χ4n) is 3.13. The van der Waals surface area contributed by atoms with E-state index in [4.69, 9.17) is 9.47 Å². The molecule has 1 aliphatic heterocycles. The third-order valence-corrected chi connectivity index (χ3v) is 6.41. The smallest absolute Gasteiger partial charge is 0.286 e. The maximum atomic E-state index is 13.4. The number of hydrogen-bond acceptors (Lipinski definition) is 5. The van der Waals surface area contributed by atoms with Crippen molar-refractivity contribution in [2.75, 3.05) is 11.9 Å². The van der Waals surface area contributed by atoms with E-state index in [1.807, 2.05) is 6.92 Å². The highest BCUT2D eigenvalue weighted by atomic mass is 79.9. The molecule has 3 aromatic rings. The van der Waals surface area contributed by atoms with E-state index in [0.717, 1.165) is 0 Å². The minimum Gasteiger partial charge on any atom is -0.490 e. The van der Waals surface area contributed by atoms with Gasteiger partial charge in [0.25, 0.3) is 10.0 Å². The number of rotatable bonds is 6. The highest BCUT2D eigenvalue weighted by Gasteiger charge is 2.26. The summed E-state index contributed by atoms with van der Waals surface area (Å²) in [5.41, 5.74) is 1.62. The number of halogens is 2. The van der Waals surface area contributed by atoms with E-state index in [-0.39, 0.29) is 23.2 Å². The molecule has 1 N–H and O–H groups in total. The van der Waals surface area contributed by atoms with Crippen LogP contribution in [0.25, 0.3) is 0 Å². The van der Waals surface area contributed by atoms with Gasteiger partial charge in [0.15, 0.2) is 17.3 Å². The Morgan fingerprint density at radius 2 is 1.87 bits per heavy atom. The SMILES string of the molecule is CCOc1cc(C2=NS(=O)(=O)c3ccccc3N2)cc(Br)c1OCc1cccc(F)c1. The Labute approximate surface area is 187 Å². The molecule has 1 heterocycles. The Hall–Kier alpha value is -2.91. The van der Waals surface area contributed by atoms with Crippen molar-refractivity contribution in [3.05, 3.63) is 82.1 Å². The molecule has 0 spiro atoms. The van der Waals surface area contributed by atoms with Gasteiger partial charge in [-0.15, -0.1) is 4.40 Å². The molecular formula is C22H18BrFN2O4S. The quantitative estimate of drug-likeness (QED) is 0.503. The van der Waals surface area contributed by atoms with Crippen molar-refractivity contribution in [2.45, 2.75) is 18.4 Å². The van der Waals surface area contributed by atoms with Gasteiger partial charge < -0.3 is 14.8 Å². The van der Waals surface area contributed by atoms with E-state index in [2.05, 4.69) is 25.6 Å². The fraction of sp³-hybridized carbons (Fsp3) is 0.136. The van der Waals surface area contributed by atoms with Crippen LogP contribution < -0.4 is 14.8 Å². The van der Waals surface area contributed by atoms with Crippen LogP contribution in [-0.2, 0) is 16.6 Å². The molecule has 0 saturated heterocycles. The normalized spacial score (nSPS) is 14.2. The van der Waals surface area contributed by atoms with Crippen LogP contribution in [0.2, 0.25) is 0 Å². The summed E-state index contributed by atoms with van der Waals surface area (Å²) in [6, 6.07) is 16.1. The van der Waals surface area contributed by atoms with Crippen molar-refractivity contribution in [2.24, 2.45) is 4.40 Å². The van der Waals surface area contributed by atoms with Crippen LogP contribution >= 0.6 is 15.9 Å². The number of sulfonamides is 1. The zero-order chi connectivity index (χ0) is 22.0. The lowest BCUT2D eigenvalue weighted by Gasteiger charge is -2.20. The van der Waals surface area contributed by atoms with Crippen LogP contribution in [0.1, 0.15) is 18.1 Å². The number of anilines is 1. The highest BCUT2D eigenvalue weighted by molar-refractivity contribution is 9.10. The molecule has 0 aliphatic carbocycles. The predicted octanol–water partition coefficient (Wildman–Crippen LogP) is 5.13. The van der Waals surface area contributed by atoms with Crippen molar-refractivity contribution in [1.29, 1.82) is 0 Å².